The van der Waals surface area contributed by atoms with E-state index in [1.165, 1.54) is 11.3 Å². The molecule has 0 aliphatic carbocycles. The second-order valence-corrected chi connectivity index (χ2v) is 8.87. The van der Waals surface area contributed by atoms with Crippen molar-refractivity contribution in [3.05, 3.63) is 81.0 Å². The number of aryl methyl sites for hydroxylation is 3. The van der Waals surface area contributed by atoms with Gasteiger partial charge in [-0.1, -0.05) is 35.4 Å². The zero-order chi connectivity index (χ0) is 23.0. The average molecular weight is 467 g/mol. The predicted octanol–water partition coefficient (Wildman–Crippen LogP) is 4.76. The first-order valence-electron chi connectivity index (χ1n) is 9.72. The van der Waals surface area contributed by atoms with Gasteiger partial charge in [-0.05, 0) is 51.1 Å². The molecule has 4 rings (SSSR count). The number of thiazole rings is 1. The molecule has 0 radical (unpaired) electrons. The molecule has 0 fully saturated rings. The number of amides is 3. The van der Waals surface area contributed by atoms with E-state index in [-0.39, 0.29) is 16.6 Å². The Balaban J connectivity index is 1.53. The van der Waals surface area contributed by atoms with Crippen molar-refractivity contribution in [1.82, 2.24) is 4.98 Å². The van der Waals surface area contributed by atoms with Crippen molar-refractivity contribution in [3.8, 4) is 0 Å². The molecule has 2 heterocycles. The maximum absolute atomic E-state index is 12.9. The molecule has 0 atom stereocenters. The van der Waals surface area contributed by atoms with Gasteiger partial charge >= 0.3 is 0 Å². The molecule has 9 heteroatoms. The predicted molar refractivity (Wildman–Crippen MR) is 126 cm³/mol. The summed E-state index contributed by atoms with van der Waals surface area (Å²) in [5.41, 5.74) is 3.07. The van der Waals surface area contributed by atoms with Gasteiger partial charge in [-0.2, -0.15) is 0 Å². The van der Waals surface area contributed by atoms with Gasteiger partial charge in [0.05, 0.1) is 11.4 Å². The van der Waals surface area contributed by atoms with Crippen LogP contribution in [0.4, 0.5) is 16.5 Å². The van der Waals surface area contributed by atoms with Crippen LogP contribution in [0.5, 0.6) is 0 Å². The van der Waals surface area contributed by atoms with Gasteiger partial charge in [0.1, 0.15) is 10.7 Å². The number of aromatic nitrogens is 1. The molecule has 0 unspecified atom stereocenters. The van der Waals surface area contributed by atoms with Crippen LogP contribution < -0.4 is 15.5 Å². The number of imide groups is 1. The molecule has 0 saturated carbocycles. The number of benzene rings is 2. The molecular weight excluding hydrogens is 448 g/mol. The lowest BCUT2D eigenvalue weighted by atomic mass is 10.2. The molecule has 2 aromatic carbocycles. The molecule has 3 aromatic rings. The standard InChI is InChI=1S/C23H19ClN4O3S/c1-12-7-9-17(10-8-12)28-21(30)18(24)19(22(28)31)26-16-6-4-5-15(11-16)20(29)27-23-25-13(2)14(3)32-23/h4-11,26H,1-3H3,(H,25,27,29). The van der Waals surface area contributed by atoms with Gasteiger partial charge in [0.15, 0.2) is 5.13 Å². The minimum atomic E-state index is -0.605. The lowest BCUT2D eigenvalue weighted by Gasteiger charge is -2.15. The maximum atomic E-state index is 12.9. The number of carbonyl (C=O) groups excluding carboxylic acids is 3. The highest BCUT2D eigenvalue weighted by atomic mass is 35.5. The summed E-state index contributed by atoms with van der Waals surface area (Å²) in [7, 11) is 0. The van der Waals surface area contributed by atoms with Gasteiger partial charge in [-0.15, -0.1) is 11.3 Å². The highest BCUT2D eigenvalue weighted by Gasteiger charge is 2.38. The molecule has 1 aliphatic heterocycles. The van der Waals surface area contributed by atoms with Crippen LogP contribution in [0.1, 0.15) is 26.5 Å². The van der Waals surface area contributed by atoms with Crippen molar-refractivity contribution >= 4 is 57.2 Å². The Bertz CT molecular complexity index is 1260. The maximum Gasteiger partial charge on any atom is 0.283 e. The monoisotopic (exact) mass is 466 g/mol. The Labute approximate surface area is 193 Å². The summed E-state index contributed by atoms with van der Waals surface area (Å²) in [4.78, 5) is 44.5. The third kappa shape index (κ3) is 4.15. The molecule has 1 aromatic heterocycles. The van der Waals surface area contributed by atoms with E-state index in [1.807, 2.05) is 32.9 Å². The lowest BCUT2D eigenvalue weighted by Crippen LogP contribution is -2.32. The molecular formula is C23H19ClN4O3S. The second kappa shape index (κ2) is 8.57. The van der Waals surface area contributed by atoms with Crippen LogP contribution >= 0.6 is 22.9 Å². The van der Waals surface area contributed by atoms with Gasteiger partial charge in [0.2, 0.25) is 0 Å². The fraction of sp³-hybridized carbons (Fsp3) is 0.130. The van der Waals surface area contributed by atoms with Crippen molar-refractivity contribution in [2.75, 3.05) is 15.5 Å². The highest BCUT2D eigenvalue weighted by Crippen LogP contribution is 2.30. The van der Waals surface area contributed by atoms with E-state index >= 15 is 0 Å². The molecule has 0 bridgehead atoms. The number of carbonyl (C=O) groups is 3. The highest BCUT2D eigenvalue weighted by molar-refractivity contribution is 7.15. The van der Waals surface area contributed by atoms with Crippen molar-refractivity contribution < 1.29 is 14.4 Å². The van der Waals surface area contributed by atoms with Crippen molar-refractivity contribution in [2.45, 2.75) is 20.8 Å². The molecule has 0 saturated heterocycles. The number of nitrogens with one attached hydrogen (secondary N) is 2. The summed E-state index contributed by atoms with van der Waals surface area (Å²) in [5.74, 6) is -1.50. The zero-order valence-corrected chi connectivity index (χ0v) is 19.1. The van der Waals surface area contributed by atoms with Gasteiger partial charge in [0, 0.05) is 16.1 Å². The largest absolute Gasteiger partial charge is 0.350 e. The fourth-order valence-corrected chi connectivity index (χ4v) is 4.14. The van der Waals surface area contributed by atoms with Gasteiger partial charge in [0.25, 0.3) is 17.7 Å². The molecule has 2 N–H and O–H groups in total. The fourth-order valence-electron chi connectivity index (χ4n) is 3.12. The van der Waals surface area contributed by atoms with Crippen LogP contribution in [0.3, 0.4) is 0 Å². The van der Waals surface area contributed by atoms with Crippen LogP contribution in [-0.2, 0) is 9.59 Å². The minimum Gasteiger partial charge on any atom is -0.350 e. The molecule has 1 aliphatic rings. The Morgan fingerprint density at radius 1 is 1.03 bits per heavy atom. The minimum absolute atomic E-state index is 0.0408. The van der Waals surface area contributed by atoms with Crippen LogP contribution in [0, 0.1) is 20.8 Å². The van der Waals surface area contributed by atoms with Gasteiger partial charge in [-0.3, -0.25) is 19.7 Å². The Morgan fingerprint density at radius 3 is 2.41 bits per heavy atom. The van der Waals surface area contributed by atoms with E-state index < -0.39 is 11.8 Å². The van der Waals surface area contributed by atoms with Crippen molar-refractivity contribution in [1.29, 1.82) is 0 Å². The number of anilines is 3. The van der Waals surface area contributed by atoms with E-state index in [2.05, 4.69) is 15.6 Å². The second-order valence-electron chi connectivity index (χ2n) is 7.29. The summed E-state index contributed by atoms with van der Waals surface area (Å²) in [6.07, 6.45) is 0. The summed E-state index contributed by atoms with van der Waals surface area (Å²) < 4.78 is 0. The van der Waals surface area contributed by atoms with E-state index in [4.69, 9.17) is 11.6 Å². The Morgan fingerprint density at radius 2 is 1.75 bits per heavy atom. The number of hydrogen-bond donors (Lipinski definition) is 2. The Hall–Kier alpha value is -3.49. The van der Waals surface area contributed by atoms with E-state index in [9.17, 15) is 14.4 Å². The SMILES string of the molecule is Cc1ccc(N2C(=O)C(Cl)=C(Nc3cccc(C(=O)Nc4nc(C)c(C)s4)c3)C2=O)cc1. The first kappa shape index (κ1) is 21.7. The van der Waals surface area contributed by atoms with E-state index in [0.717, 1.165) is 21.0 Å². The van der Waals surface area contributed by atoms with Gasteiger partial charge in [-0.25, -0.2) is 9.88 Å². The van der Waals surface area contributed by atoms with E-state index in [0.29, 0.717) is 22.1 Å². The quantitative estimate of drug-likeness (QED) is 0.529. The van der Waals surface area contributed by atoms with Crippen molar-refractivity contribution in [3.63, 3.8) is 0 Å². The van der Waals surface area contributed by atoms with Crippen LogP contribution in [-0.4, -0.2) is 22.7 Å². The number of halogens is 1. The molecule has 3 amide bonds. The Kier molecular flexibility index (Phi) is 5.82. The third-order valence-corrected chi connectivity index (χ3v) is 6.30. The van der Waals surface area contributed by atoms with E-state index in [1.54, 1.807) is 36.4 Å². The first-order chi connectivity index (χ1) is 15.2. The summed E-state index contributed by atoms with van der Waals surface area (Å²) in [6.45, 7) is 5.73. The smallest absolute Gasteiger partial charge is 0.283 e. The normalized spacial score (nSPS) is 13.7. The first-order valence-corrected chi connectivity index (χ1v) is 10.9. The topological polar surface area (TPSA) is 91.4 Å². The third-order valence-electron chi connectivity index (χ3n) is 4.96. The molecule has 0 spiro atoms. The summed E-state index contributed by atoms with van der Waals surface area (Å²) in [6, 6.07) is 13.6. The lowest BCUT2D eigenvalue weighted by molar-refractivity contribution is -0.120. The number of nitrogens with zero attached hydrogens (tertiary/aromatic N) is 2. The van der Waals surface area contributed by atoms with Crippen LogP contribution in [0.25, 0.3) is 0 Å². The summed E-state index contributed by atoms with van der Waals surface area (Å²) >= 11 is 7.59. The molecule has 32 heavy (non-hydrogen) atoms. The van der Waals surface area contributed by atoms with Crippen LogP contribution in [0.15, 0.2) is 59.3 Å². The van der Waals surface area contributed by atoms with Crippen molar-refractivity contribution in [2.24, 2.45) is 0 Å². The number of rotatable bonds is 5. The summed E-state index contributed by atoms with van der Waals surface area (Å²) in [5, 5.41) is 5.97. The zero-order valence-electron chi connectivity index (χ0n) is 17.5. The number of hydrogen-bond acceptors (Lipinski definition) is 6. The molecule has 7 nitrogen and oxygen atoms in total. The average Bonchev–Trinajstić information content (AvgIpc) is 3.19. The van der Waals surface area contributed by atoms with Crippen LogP contribution in [0.2, 0.25) is 0 Å². The molecule has 162 valence electrons. The van der Waals surface area contributed by atoms with Gasteiger partial charge < -0.3 is 5.32 Å².